The fraction of sp³-hybridized carbons (Fsp3) is 0.111. The molecule has 0 saturated carbocycles. The lowest BCUT2D eigenvalue weighted by atomic mass is 10.2. The zero-order valence-corrected chi connectivity index (χ0v) is 17.6. The van der Waals surface area contributed by atoms with Crippen molar-refractivity contribution in [1.29, 1.82) is 0 Å². The minimum absolute atomic E-state index is 1.06. The van der Waals surface area contributed by atoms with Crippen molar-refractivity contribution in [2.45, 2.75) is 19.9 Å². The lowest BCUT2D eigenvalue weighted by Crippen LogP contribution is -2.70. The Morgan fingerprint density at radius 3 is 1.43 bits per heavy atom. The molecule has 4 rings (SSSR count). The summed E-state index contributed by atoms with van der Waals surface area (Å²) in [6.07, 6.45) is 0. The predicted molar refractivity (Wildman–Crippen MR) is 124 cm³/mol. The van der Waals surface area contributed by atoms with E-state index in [4.69, 9.17) is 0 Å². The van der Waals surface area contributed by atoms with Gasteiger partial charge in [0.15, 0.2) is 8.07 Å². The second-order valence-electron chi connectivity index (χ2n) is 7.56. The van der Waals surface area contributed by atoms with Crippen LogP contribution in [0.1, 0.15) is 16.7 Å². The van der Waals surface area contributed by atoms with Crippen LogP contribution in [0.2, 0.25) is 0 Å². The van der Waals surface area contributed by atoms with Crippen LogP contribution in [0.15, 0.2) is 109 Å². The van der Waals surface area contributed by atoms with Gasteiger partial charge < -0.3 is 0 Å². The van der Waals surface area contributed by atoms with Gasteiger partial charge in [0.2, 0.25) is 0 Å². The summed E-state index contributed by atoms with van der Waals surface area (Å²) < 4.78 is 0. The highest BCUT2D eigenvalue weighted by Crippen LogP contribution is 2.18. The van der Waals surface area contributed by atoms with Gasteiger partial charge in [-0.05, 0) is 41.0 Å². The van der Waals surface area contributed by atoms with Crippen LogP contribution < -0.4 is 15.6 Å². The van der Waals surface area contributed by atoms with Gasteiger partial charge in [0.25, 0.3) is 0 Å². The SMILES string of the molecule is Cc1ccccc1[Si](Cc1ccccc1)(c1ccccc1)c1ccccc1C. The van der Waals surface area contributed by atoms with Crippen molar-refractivity contribution < 1.29 is 0 Å². The van der Waals surface area contributed by atoms with Gasteiger partial charge in [-0.2, -0.15) is 0 Å². The smallest absolute Gasteiger partial charge is 0.0624 e. The van der Waals surface area contributed by atoms with E-state index < -0.39 is 8.07 Å². The Morgan fingerprint density at radius 2 is 0.929 bits per heavy atom. The molecule has 0 aliphatic heterocycles. The summed E-state index contributed by atoms with van der Waals surface area (Å²) in [7, 11) is -2.25. The average molecular weight is 379 g/mol. The number of rotatable bonds is 5. The number of hydrogen-bond acceptors (Lipinski definition) is 0. The first-order valence-electron chi connectivity index (χ1n) is 9.93. The van der Waals surface area contributed by atoms with E-state index in [0.717, 1.165) is 6.04 Å². The van der Waals surface area contributed by atoms with Crippen molar-refractivity contribution in [2.24, 2.45) is 0 Å². The van der Waals surface area contributed by atoms with E-state index in [-0.39, 0.29) is 0 Å². The van der Waals surface area contributed by atoms with Crippen LogP contribution in [0.4, 0.5) is 0 Å². The summed E-state index contributed by atoms with van der Waals surface area (Å²) >= 11 is 0. The molecule has 0 heterocycles. The molecule has 0 aliphatic rings. The van der Waals surface area contributed by atoms with Gasteiger partial charge in [-0.15, -0.1) is 0 Å². The highest BCUT2D eigenvalue weighted by molar-refractivity contribution is 7.11. The fourth-order valence-electron chi connectivity index (χ4n) is 4.48. The maximum Gasteiger partial charge on any atom is 0.153 e. The first-order chi connectivity index (χ1) is 13.7. The van der Waals surface area contributed by atoms with Crippen molar-refractivity contribution >= 4 is 23.6 Å². The molecule has 0 atom stereocenters. The molecule has 28 heavy (non-hydrogen) atoms. The molecule has 4 aromatic carbocycles. The third kappa shape index (κ3) is 3.34. The highest BCUT2D eigenvalue weighted by Gasteiger charge is 2.41. The Morgan fingerprint density at radius 1 is 0.500 bits per heavy atom. The maximum absolute atomic E-state index is 2.37. The van der Waals surface area contributed by atoms with Crippen LogP contribution in [-0.4, -0.2) is 8.07 Å². The first kappa shape index (κ1) is 18.5. The molecule has 0 N–H and O–H groups in total. The lowest BCUT2D eigenvalue weighted by molar-refractivity contribution is 1.33. The van der Waals surface area contributed by atoms with Crippen molar-refractivity contribution in [3.8, 4) is 0 Å². The summed E-state index contributed by atoms with van der Waals surface area (Å²) in [5.41, 5.74) is 4.18. The Kier molecular flexibility index (Phi) is 5.27. The minimum atomic E-state index is -2.25. The van der Waals surface area contributed by atoms with Gasteiger partial charge in [0.05, 0.1) is 0 Å². The Labute approximate surface area is 169 Å². The van der Waals surface area contributed by atoms with E-state index in [2.05, 4.69) is 123 Å². The normalized spacial score (nSPS) is 11.4. The molecule has 0 fully saturated rings. The van der Waals surface area contributed by atoms with Crippen LogP contribution in [0, 0.1) is 13.8 Å². The van der Waals surface area contributed by atoms with Gasteiger partial charge in [-0.1, -0.05) is 120 Å². The van der Waals surface area contributed by atoms with E-state index in [1.807, 2.05) is 0 Å². The Balaban J connectivity index is 2.08. The molecule has 0 aromatic heterocycles. The van der Waals surface area contributed by atoms with Gasteiger partial charge in [0, 0.05) is 0 Å². The van der Waals surface area contributed by atoms with Gasteiger partial charge in [-0.3, -0.25) is 0 Å². The maximum atomic E-state index is 2.37. The number of aryl methyl sites for hydroxylation is 2. The lowest BCUT2D eigenvalue weighted by Gasteiger charge is -2.36. The van der Waals surface area contributed by atoms with Crippen molar-refractivity contribution in [1.82, 2.24) is 0 Å². The van der Waals surface area contributed by atoms with Gasteiger partial charge >= 0.3 is 0 Å². The molecule has 1 heteroatoms. The van der Waals surface area contributed by atoms with Gasteiger partial charge in [-0.25, -0.2) is 0 Å². The fourth-order valence-corrected chi connectivity index (χ4v) is 9.86. The van der Waals surface area contributed by atoms with Crippen molar-refractivity contribution in [3.63, 3.8) is 0 Å². The molecular weight excluding hydrogens is 352 g/mol. The third-order valence-electron chi connectivity index (χ3n) is 5.79. The molecule has 138 valence electrons. The summed E-state index contributed by atoms with van der Waals surface area (Å²) in [6.45, 7) is 4.53. The Bertz CT molecular complexity index is 1010. The first-order valence-corrected chi connectivity index (χ1v) is 12.1. The molecule has 0 radical (unpaired) electrons. The summed E-state index contributed by atoms with van der Waals surface area (Å²) in [5.74, 6) is 0. The Hall–Kier alpha value is -2.90. The standard InChI is InChI=1S/C27H26Si/c1-22-13-9-11-19-26(22)28(25-17-7-4-8-18-25,21-24-15-5-3-6-16-24)27-20-12-10-14-23(27)2/h3-20H,21H2,1-2H3. The average Bonchev–Trinajstić information content (AvgIpc) is 2.74. The highest BCUT2D eigenvalue weighted by atomic mass is 28.3. The second-order valence-corrected chi connectivity index (χ2v) is 11.4. The zero-order valence-electron chi connectivity index (χ0n) is 16.6. The molecule has 0 spiro atoms. The topological polar surface area (TPSA) is 0 Å². The van der Waals surface area contributed by atoms with Crippen LogP contribution in [0.25, 0.3) is 0 Å². The third-order valence-corrected chi connectivity index (χ3v) is 11.0. The van der Waals surface area contributed by atoms with Crippen LogP contribution in [0.3, 0.4) is 0 Å². The van der Waals surface area contributed by atoms with Crippen molar-refractivity contribution in [2.75, 3.05) is 0 Å². The van der Waals surface area contributed by atoms with Crippen LogP contribution in [-0.2, 0) is 6.04 Å². The molecule has 0 amide bonds. The summed E-state index contributed by atoms with van der Waals surface area (Å²) in [4.78, 5) is 0. The summed E-state index contributed by atoms with van der Waals surface area (Å²) in [5, 5.41) is 4.50. The minimum Gasteiger partial charge on any atom is -0.0624 e. The van der Waals surface area contributed by atoms with E-state index in [0.29, 0.717) is 0 Å². The molecule has 0 unspecified atom stereocenters. The number of benzene rings is 4. The van der Waals surface area contributed by atoms with E-state index >= 15 is 0 Å². The van der Waals surface area contributed by atoms with E-state index in [9.17, 15) is 0 Å². The molecule has 0 nitrogen and oxygen atoms in total. The summed E-state index contributed by atoms with van der Waals surface area (Å²) in [6, 6.07) is 41.2. The molecule has 4 aromatic rings. The predicted octanol–water partition coefficient (Wildman–Crippen LogP) is 4.56. The largest absolute Gasteiger partial charge is 0.153 e. The monoisotopic (exact) mass is 378 g/mol. The quantitative estimate of drug-likeness (QED) is 0.353. The van der Waals surface area contributed by atoms with E-state index in [1.165, 1.54) is 32.3 Å². The number of hydrogen-bond donors (Lipinski definition) is 0. The van der Waals surface area contributed by atoms with Crippen LogP contribution in [0.5, 0.6) is 0 Å². The van der Waals surface area contributed by atoms with Crippen LogP contribution >= 0.6 is 0 Å². The second kappa shape index (κ2) is 8.00. The molecule has 0 aliphatic carbocycles. The van der Waals surface area contributed by atoms with Crippen molar-refractivity contribution in [3.05, 3.63) is 126 Å². The molecule has 0 bridgehead atoms. The molecular formula is C27H26Si. The van der Waals surface area contributed by atoms with E-state index in [1.54, 1.807) is 0 Å². The zero-order chi connectivity index (χ0) is 19.4. The van der Waals surface area contributed by atoms with Gasteiger partial charge in [0.1, 0.15) is 0 Å². The molecule has 0 saturated heterocycles.